The maximum Gasteiger partial charge on any atom is 0.255 e. The summed E-state index contributed by atoms with van der Waals surface area (Å²) in [5.41, 5.74) is 5.32. The fourth-order valence-electron chi connectivity index (χ4n) is 5.55. The fraction of sp³-hybridized carbons (Fsp3) is 0.306. The molecule has 0 unspecified atom stereocenters. The van der Waals surface area contributed by atoms with Crippen molar-refractivity contribution in [3.8, 4) is 16.9 Å². The molecule has 1 aromatic heterocycles. The molecule has 44 heavy (non-hydrogen) atoms. The van der Waals surface area contributed by atoms with Gasteiger partial charge in [0.2, 0.25) is 5.91 Å². The van der Waals surface area contributed by atoms with E-state index in [1.165, 1.54) is 16.7 Å². The van der Waals surface area contributed by atoms with E-state index in [9.17, 15) is 14.7 Å². The molecular formula is C36H40N4O4. The lowest BCUT2D eigenvalue weighted by Gasteiger charge is -2.34. The topological polar surface area (TPSA) is 95.0 Å². The van der Waals surface area contributed by atoms with Crippen LogP contribution in [0.4, 0.5) is 5.69 Å². The Kier molecular flexibility index (Phi) is 10.0. The van der Waals surface area contributed by atoms with Gasteiger partial charge >= 0.3 is 0 Å². The second-order valence-corrected chi connectivity index (χ2v) is 11.7. The van der Waals surface area contributed by atoms with E-state index in [1.807, 2.05) is 31.2 Å². The van der Waals surface area contributed by atoms with Crippen LogP contribution < -0.4 is 10.1 Å². The number of hydrogen-bond acceptors (Lipinski definition) is 6. The summed E-state index contributed by atoms with van der Waals surface area (Å²) in [5.74, 6) is 0.264. The monoisotopic (exact) mass is 592 g/mol. The third kappa shape index (κ3) is 7.70. The molecule has 2 amide bonds. The molecule has 1 aliphatic heterocycles. The van der Waals surface area contributed by atoms with Crippen molar-refractivity contribution in [2.45, 2.75) is 39.0 Å². The number of carbonyl (C=O) groups is 2. The summed E-state index contributed by atoms with van der Waals surface area (Å²) in [6, 6.07) is 27.3. The molecular weight excluding hydrogens is 552 g/mol. The molecule has 5 rings (SSSR count). The molecule has 8 heteroatoms. The fourth-order valence-corrected chi connectivity index (χ4v) is 5.55. The van der Waals surface area contributed by atoms with Crippen molar-refractivity contribution in [2.75, 3.05) is 32.1 Å². The van der Waals surface area contributed by atoms with Gasteiger partial charge in [0.25, 0.3) is 5.91 Å². The second kappa shape index (κ2) is 14.3. The first kappa shape index (κ1) is 30.9. The largest absolute Gasteiger partial charge is 0.488 e. The van der Waals surface area contributed by atoms with Crippen LogP contribution in [0.15, 0.2) is 97.3 Å². The minimum Gasteiger partial charge on any atom is -0.488 e. The van der Waals surface area contributed by atoms with Crippen molar-refractivity contribution in [3.63, 3.8) is 0 Å². The van der Waals surface area contributed by atoms with Crippen LogP contribution in [0.2, 0.25) is 0 Å². The number of nitrogens with one attached hydrogen (secondary N) is 1. The summed E-state index contributed by atoms with van der Waals surface area (Å²) < 4.78 is 6.67. The summed E-state index contributed by atoms with van der Waals surface area (Å²) in [7, 11) is 2.08. The van der Waals surface area contributed by atoms with Gasteiger partial charge in [-0.2, -0.15) is 0 Å². The number of aromatic nitrogens is 1. The average Bonchev–Trinajstić information content (AvgIpc) is 3.09. The van der Waals surface area contributed by atoms with Crippen molar-refractivity contribution in [2.24, 2.45) is 5.92 Å². The van der Waals surface area contributed by atoms with Crippen molar-refractivity contribution in [3.05, 3.63) is 114 Å². The van der Waals surface area contributed by atoms with E-state index in [2.05, 4.69) is 65.6 Å². The second-order valence-electron chi connectivity index (χ2n) is 11.7. The number of hydrogen-bond donors (Lipinski definition) is 2. The molecule has 0 bridgehead atoms. The van der Waals surface area contributed by atoms with Gasteiger partial charge in [0, 0.05) is 54.8 Å². The molecule has 0 fully saturated rings. The van der Waals surface area contributed by atoms with Gasteiger partial charge in [0.15, 0.2) is 0 Å². The molecule has 3 atom stereocenters. The number of benzene rings is 3. The lowest BCUT2D eigenvalue weighted by atomic mass is 10.0. The highest BCUT2D eigenvalue weighted by Gasteiger charge is 2.31. The SMILES string of the molecule is C[C@H](CO)N1C[C@H](C)[C@@H](CN(C)Cc2ccc(-c3ccccc3)cc2)Oc2ccc(NC(=O)c3ccncc3)cc2CC1=O. The van der Waals surface area contributed by atoms with Crippen LogP contribution in [0.25, 0.3) is 11.1 Å². The minimum absolute atomic E-state index is 0.00660. The van der Waals surface area contributed by atoms with Crippen LogP contribution in [-0.4, -0.2) is 70.6 Å². The molecule has 1 aliphatic rings. The lowest BCUT2D eigenvalue weighted by molar-refractivity contribution is -0.134. The van der Waals surface area contributed by atoms with Gasteiger partial charge in [-0.3, -0.25) is 19.5 Å². The Balaban J connectivity index is 1.35. The molecule has 8 nitrogen and oxygen atoms in total. The Bertz CT molecular complexity index is 1550. The van der Waals surface area contributed by atoms with Gasteiger partial charge in [0.1, 0.15) is 11.9 Å². The van der Waals surface area contributed by atoms with E-state index in [0.29, 0.717) is 35.7 Å². The van der Waals surface area contributed by atoms with Crippen LogP contribution in [0.1, 0.15) is 35.3 Å². The standard InChI is InChI=1S/C36H40N4O4/c1-25-21-40(26(2)24-41)35(42)20-31-19-32(38-36(43)30-15-17-37-18-16-30)13-14-33(31)44-34(25)23-39(3)22-27-9-11-29(12-10-27)28-7-5-4-6-8-28/h4-19,25-26,34,41H,20-24H2,1-3H3,(H,38,43)/t25-,26+,34+/m0/s1. The van der Waals surface area contributed by atoms with Gasteiger partial charge in [-0.25, -0.2) is 0 Å². The molecule has 228 valence electrons. The zero-order valence-electron chi connectivity index (χ0n) is 25.5. The number of fused-ring (bicyclic) bond motifs is 1. The highest BCUT2D eigenvalue weighted by molar-refractivity contribution is 6.04. The number of ether oxygens (including phenoxy) is 1. The first-order chi connectivity index (χ1) is 21.3. The van der Waals surface area contributed by atoms with E-state index in [-0.39, 0.29) is 42.9 Å². The maximum absolute atomic E-state index is 13.5. The van der Waals surface area contributed by atoms with Crippen LogP contribution in [0, 0.1) is 5.92 Å². The van der Waals surface area contributed by atoms with Crippen molar-refractivity contribution in [1.29, 1.82) is 0 Å². The van der Waals surface area contributed by atoms with E-state index in [0.717, 1.165) is 6.54 Å². The van der Waals surface area contributed by atoms with E-state index < -0.39 is 0 Å². The van der Waals surface area contributed by atoms with Gasteiger partial charge in [-0.05, 0) is 61.0 Å². The highest BCUT2D eigenvalue weighted by atomic mass is 16.5. The molecule has 3 aromatic carbocycles. The maximum atomic E-state index is 13.5. The number of pyridine rings is 1. The Morgan fingerprint density at radius 1 is 1.05 bits per heavy atom. The number of likely N-dealkylation sites (N-methyl/N-ethyl adjacent to an activating group) is 1. The summed E-state index contributed by atoms with van der Waals surface area (Å²) >= 11 is 0. The molecule has 2 N–H and O–H groups in total. The summed E-state index contributed by atoms with van der Waals surface area (Å²) in [6.45, 7) is 5.66. The number of amides is 2. The number of nitrogens with zero attached hydrogens (tertiary/aromatic N) is 3. The minimum atomic E-state index is -0.331. The first-order valence-corrected chi connectivity index (χ1v) is 15.0. The quantitative estimate of drug-likeness (QED) is 0.275. The number of rotatable bonds is 9. The lowest BCUT2D eigenvalue weighted by Crippen LogP contribution is -2.47. The highest BCUT2D eigenvalue weighted by Crippen LogP contribution is 2.30. The smallest absolute Gasteiger partial charge is 0.255 e. The zero-order chi connectivity index (χ0) is 31.1. The predicted octanol–water partition coefficient (Wildman–Crippen LogP) is 5.28. The summed E-state index contributed by atoms with van der Waals surface area (Å²) in [5, 5.41) is 12.9. The van der Waals surface area contributed by atoms with Gasteiger partial charge < -0.3 is 20.1 Å². The Labute approximate surface area is 259 Å². The predicted molar refractivity (Wildman–Crippen MR) is 172 cm³/mol. The number of anilines is 1. The number of aliphatic hydroxyl groups excluding tert-OH is 1. The summed E-state index contributed by atoms with van der Waals surface area (Å²) in [6.07, 6.45) is 3.02. The molecule has 0 aliphatic carbocycles. The van der Waals surface area contributed by atoms with Crippen LogP contribution in [0.3, 0.4) is 0 Å². The van der Waals surface area contributed by atoms with Crippen LogP contribution in [-0.2, 0) is 17.8 Å². The van der Waals surface area contributed by atoms with E-state index in [4.69, 9.17) is 4.74 Å². The van der Waals surface area contributed by atoms with Crippen LogP contribution in [0.5, 0.6) is 5.75 Å². The molecule has 0 saturated heterocycles. The van der Waals surface area contributed by atoms with Crippen molar-refractivity contribution < 1.29 is 19.4 Å². The zero-order valence-corrected chi connectivity index (χ0v) is 25.5. The third-order valence-corrected chi connectivity index (χ3v) is 8.12. The molecule has 0 spiro atoms. The van der Waals surface area contributed by atoms with Crippen molar-refractivity contribution in [1.82, 2.24) is 14.8 Å². The third-order valence-electron chi connectivity index (χ3n) is 8.12. The molecule has 4 aromatic rings. The van der Waals surface area contributed by atoms with Gasteiger partial charge in [-0.15, -0.1) is 0 Å². The Morgan fingerprint density at radius 2 is 1.75 bits per heavy atom. The van der Waals surface area contributed by atoms with E-state index >= 15 is 0 Å². The summed E-state index contributed by atoms with van der Waals surface area (Å²) in [4.78, 5) is 34.3. The van der Waals surface area contributed by atoms with Crippen molar-refractivity contribution >= 4 is 17.5 Å². The van der Waals surface area contributed by atoms with Crippen LogP contribution >= 0.6 is 0 Å². The first-order valence-electron chi connectivity index (χ1n) is 15.0. The number of aliphatic hydroxyl groups is 1. The average molecular weight is 593 g/mol. The molecule has 2 heterocycles. The Hall–Kier alpha value is -4.53. The number of carbonyl (C=O) groups excluding carboxylic acids is 2. The molecule has 0 saturated carbocycles. The Morgan fingerprint density at radius 3 is 2.45 bits per heavy atom. The molecule has 0 radical (unpaired) electrons. The van der Waals surface area contributed by atoms with E-state index in [1.54, 1.807) is 41.6 Å². The van der Waals surface area contributed by atoms with Gasteiger partial charge in [-0.1, -0.05) is 61.5 Å². The normalized spacial score (nSPS) is 17.6. The van der Waals surface area contributed by atoms with Gasteiger partial charge in [0.05, 0.1) is 19.1 Å².